The van der Waals surface area contributed by atoms with Gasteiger partial charge in [0.15, 0.2) is 5.58 Å². The van der Waals surface area contributed by atoms with Crippen LogP contribution in [0.4, 0.5) is 6.01 Å². The van der Waals surface area contributed by atoms with Crippen LogP contribution in [0.2, 0.25) is 0 Å². The van der Waals surface area contributed by atoms with Gasteiger partial charge in [0.05, 0.1) is 12.3 Å². The van der Waals surface area contributed by atoms with Crippen molar-refractivity contribution in [1.82, 2.24) is 9.88 Å². The normalized spacial score (nSPS) is 17.4. The first-order chi connectivity index (χ1) is 11.4. The first-order valence-electron chi connectivity index (χ1n) is 8.27. The number of rotatable bonds is 5. The molecule has 120 valence electrons. The summed E-state index contributed by atoms with van der Waals surface area (Å²) in [6.45, 7) is 2.95. The third-order valence-electron chi connectivity index (χ3n) is 4.44. The van der Waals surface area contributed by atoms with Gasteiger partial charge in [0.1, 0.15) is 11.3 Å². The summed E-state index contributed by atoms with van der Waals surface area (Å²) in [7, 11) is 0. The van der Waals surface area contributed by atoms with Crippen LogP contribution >= 0.6 is 0 Å². The molecule has 1 aromatic carbocycles. The van der Waals surface area contributed by atoms with Gasteiger partial charge < -0.3 is 14.2 Å². The number of benzene rings is 1. The van der Waals surface area contributed by atoms with Crippen LogP contribution in [0.5, 0.6) is 0 Å². The van der Waals surface area contributed by atoms with E-state index < -0.39 is 0 Å². The van der Waals surface area contributed by atoms with Gasteiger partial charge >= 0.3 is 0 Å². The van der Waals surface area contributed by atoms with Crippen molar-refractivity contribution < 1.29 is 8.83 Å². The van der Waals surface area contributed by atoms with Crippen LogP contribution in [-0.2, 0) is 0 Å². The molecular formula is C18H21N3O2. The van der Waals surface area contributed by atoms with Gasteiger partial charge in [-0.15, -0.1) is 0 Å². The Morgan fingerprint density at radius 3 is 2.74 bits per heavy atom. The van der Waals surface area contributed by atoms with Crippen molar-refractivity contribution in [1.29, 1.82) is 0 Å². The highest BCUT2D eigenvalue weighted by molar-refractivity contribution is 5.74. The van der Waals surface area contributed by atoms with E-state index in [1.807, 2.05) is 36.4 Å². The number of oxazole rings is 1. The Bertz CT molecular complexity index is 712. The van der Waals surface area contributed by atoms with E-state index in [0.717, 1.165) is 36.5 Å². The van der Waals surface area contributed by atoms with E-state index >= 15 is 0 Å². The molecule has 3 aromatic rings. The summed E-state index contributed by atoms with van der Waals surface area (Å²) in [5.74, 6) is 0.996. The average molecular weight is 311 g/mol. The summed E-state index contributed by atoms with van der Waals surface area (Å²) in [5, 5.41) is 3.34. The summed E-state index contributed by atoms with van der Waals surface area (Å²) < 4.78 is 11.4. The third-order valence-corrected chi connectivity index (χ3v) is 4.44. The second-order valence-corrected chi connectivity index (χ2v) is 6.00. The molecule has 1 atom stereocenters. The number of nitrogens with zero attached hydrogens (tertiary/aromatic N) is 2. The number of fused-ring (bicyclic) bond motifs is 1. The molecule has 0 bridgehead atoms. The fourth-order valence-corrected chi connectivity index (χ4v) is 3.25. The minimum absolute atomic E-state index is 0.209. The third kappa shape index (κ3) is 3.10. The number of hydrogen-bond donors (Lipinski definition) is 1. The number of furan rings is 1. The van der Waals surface area contributed by atoms with Crippen molar-refractivity contribution in [3.8, 4) is 0 Å². The number of hydrogen-bond acceptors (Lipinski definition) is 5. The zero-order valence-electron chi connectivity index (χ0n) is 13.1. The summed E-state index contributed by atoms with van der Waals surface area (Å²) in [6.07, 6.45) is 5.56. The maximum atomic E-state index is 5.75. The molecule has 0 spiro atoms. The monoisotopic (exact) mass is 311 g/mol. The Labute approximate surface area is 135 Å². The molecule has 3 heterocycles. The fourth-order valence-electron chi connectivity index (χ4n) is 3.25. The number of likely N-dealkylation sites (tertiary alicyclic amines) is 1. The van der Waals surface area contributed by atoms with Gasteiger partial charge in [0.25, 0.3) is 6.01 Å². The van der Waals surface area contributed by atoms with E-state index in [-0.39, 0.29) is 6.04 Å². The molecule has 0 aliphatic carbocycles. The van der Waals surface area contributed by atoms with Crippen molar-refractivity contribution in [3.05, 3.63) is 48.4 Å². The van der Waals surface area contributed by atoms with Crippen LogP contribution in [0, 0.1) is 0 Å². The lowest BCUT2D eigenvalue weighted by atomic mass is 10.1. The molecule has 1 N–H and O–H groups in total. The predicted molar refractivity (Wildman–Crippen MR) is 89.4 cm³/mol. The Balaban J connectivity index is 1.50. The van der Waals surface area contributed by atoms with Gasteiger partial charge in [-0.2, -0.15) is 4.98 Å². The molecule has 1 aliphatic heterocycles. The maximum absolute atomic E-state index is 5.75. The Hall–Kier alpha value is -2.27. The van der Waals surface area contributed by atoms with E-state index in [1.54, 1.807) is 6.26 Å². The summed E-state index contributed by atoms with van der Waals surface area (Å²) in [4.78, 5) is 6.97. The summed E-state index contributed by atoms with van der Waals surface area (Å²) in [6, 6.07) is 12.6. The van der Waals surface area contributed by atoms with Crippen LogP contribution in [0.3, 0.4) is 0 Å². The lowest BCUT2D eigenvalue weighted by Crippen LogP contribution is -2.37. The van der Waals surface area contributed by atoms with Crippen LogP contribution < -0.4 is 5.32 Å². The Morgan fingerprint density at radius 1 is 1.09 bits per heavy atom. The van der Waals surface area contributed by atoms with Crippen molar-refractivity contribution in [3.63, 3.8) is 0 Å². The van der Waals surface area contributed by atoms with E-state index in [0.29, 0.717) is 6.01 Å². The molecule has 1 saturated heterocycles. The average Bonchev–Trinajstić information content (AvgIpc) is 3.25. The summed E-state index contributed by atoms with van der Waals surface area (Å²) in [5.41, 5.74) is 1.69. The molecule has 0 radical (unpaired) electrons. The first-order valence-corrected chi connectivity index (χ1v) is 8.27. The highest BCUT2D eigenvalue weighted by Gasteiger charge is 2.24. The van der Waals surface area contributed by atoms with Crippen molar-refractivity contribution in [2.24, 2.45) is 0 Å². The molecule has 5 heteroatoms. The minimum Gasteiger partial charge on any atom is -0.468 e. The highest BCUT2D eigenvalue weighted by atomic mass is 16.4. The number of anilines is 1. The smallest absolute Gasteiger partial charge is 0.295 e. The van der Waals surface area contributed by atoms with Gasteiger partial charge in [-0.05, 0) is 50.2 Å². The zero-order chi connectivity index (χ0) is 15.5. The van der Waals surface area contributed by atoms with E-state index in [4.69, 9.17) is 8.83 Å². The molecule has 1 unspecified atom stereocenters. The SMILES string of the molecule is c1coc(C(CNc2nc3ccccc3o2)N2CCCCC2)c1. The van der Waals surface area contributed by atoms with Crippen LogP contribution in [0.15, 0.2) is 51.5 Å². The molecule has 5 nitrogen and oxygen atoms in total. The minimum atomic E-state index is 0.209. The summed E-state index contributed by atoms with van der Waals surface area (Å²) >= 11 is 0. The van der Waals surface area contributed by atoms with Gasteiger partial charge in [-0.25, -0.2) is 0 Å². The molecule has 1 fully saturated rings. The Kier molecular flexibility index (Phi) is 4.03. The zero-order valence-corrected chi connectivity index (χ0v) is 13.1. The van der Waals surface area contributed by atoms with Crippen LogP contribution in [0.25, 0.3) is 11.1 Å². The second kappa shape index (κ2) is 6.46. The maximum Gasteiger partial charge on any atom is 0.295 e. The van der Waals surface area contributed by atoms with Gasteiger partial charge in [-0.3, -0.25) is 4.90 Å². The van der Waals surface area contributed by atoms with E-state index in [9.17, 15) is 0 Å². The molecule has 4 rings (SSSR count). The van der Waals surface area contributed by atoms with Crippen LogP contribution in [-0.4, -0.2) is 29.5 Å². The quantitative estimate of drug-likeness (QED) is 0.770. The molecule has 0 amide bonds. The standard InChI is InChI=1S/C18H21N3O2/c1-4-10-21(11-5-1)15(17-9-6-12-22-17)13-19-18-20-14-7-2-3-8-16(14)23-18/h2-3,6-9,12,15H,1,4-5,10-11,13H2,(H,19,20). The lowest BCUT2D eigenvalue weighted by Gasteiger charge is -2.33. The highest BCUT2D eigenvalue weighted by Crippen LogP contribution is 2.26. The Morgan fingerprint density at radius 2 is 1.96 bits per heavy atom. The van der Waals surface area contributed by atoms with Gasteiger partial charge in [0, 0.05) is 6.54 Å². The van der Waals surface area contributed by atoms with Crippen molar-refractivity contribution in [2.75, 3.05) is 25.0 Å². The molecule has 0 saturated carbocycles. The molecule has 2 aromatic heterocycles. The molecule has 1 aliphatic rings. The number of piperidine rings is 1. The van der Waals surface area contributed by atoms with Crippen LogP contribution in [0.1, 0.15) is 31.1 Å². The molecular weight excluding hydrogens is 290 g/mol. The van der Waals surface area contributed by atoms with Crippen molar-refractivity contribution >= 4 is 17.1 Å². The van der Waals surface area contributed by atoms with Gasteiger partial charge in [0.2, 0.25) is 0 Å². The predicted octanol–water partition coefficient (Wildman–Crippen LogP) is 4.06. The topological polar surface area (TPSA) is 54.4 Å². The second-order valence-electron chi connectivity index (χ2n) is 6.00. The lowest BCUT2D eigenvalue weighted by molar-refractivity contribution is 0.152. The number of para-hydroxylation sites is 2. The van der Waals surface area contributed by atoms with Gasteiger partial charge in [-0.1, -0.05) is 18.6 Å². The number of aromatic nitrogens is 1. The number of nitrogens with one attached hydrogen (secondary N) is 1. The molecule has 23 heavy (non-hydrogen) atoms. The first kappa shape index (κ1) is 14.3. The van der Waals surface area contributed by atoms with E-state index in [2.05, 4.69) is 15.2 Å². The fraction of sp³-hybridized carbons (Fsp3) is 0.389. The van der Waals surface area contributed by atoms with Crippen molar-refractivity contribution in [2.45, 2.75) is 25.3 Å². The van der Waals surface area contributed by atoms with E-state index in [1.165, 1.54) is 19.3 Å². The largest absolute Gasteiger partial charge is 0.468 e.